The molecule has 0 N–H and O–H groups in total. The van der Waals surface area contributed by atoms with E-state index in [1.165, 1.54) is 0 Å². The van der Waals surface area contributed by atoms with Crippen LogP contribution in [0.1, 0.15) is 18.5 Å². The number of nitrogens with zero attached hydrogens (tertiary/aromatic N) is 3. The van der Waals surface area contributed by atoms with E-state index in [4.69, 9.17) is 28.4 Å². The molecule has 150 valence electrons. The van der Waals surface area contributed by atoms with Crippen molar-refractivity contribution in [2.75, 3.05) is 27.4 Å². The van der Waals surface area contributed by atoms with Crippen molar-refractivity contribution in [3.63, 3.8) is 0 Å². The minimum absolute atomic E-state index is 0.00818. The highest BCUT2D eigenvalue weighted by Gasteiger charge is 2.34. The predicted molar refractivity (Wildman–Crippen MR) is 101 cm³/mol. The molecule has 27 heavy (non-hydrogen) atoms. The predicted octanol–water partition coefficient (Wildman–Crippen LogP) is -1.70. The van der Waals surface area contributed by atoms with Gasteiger partial charge in [0.2, 0.25) is 0 Å². The van der Waals surface area contributed by atoms with Crippen LogP contribution in [0.5, 0.6) is 0 Å². The fourth-order valence-corrected chi connectivity index (χ4v) is 3.64. The number of aromatic nitrogens is 3. The van der Waals surface area contributed by atoms with E-state index in [9.17, 15) is 0 Å². The molecule has 0 aliphatic carbocycles. The monoisotopic (exact) mass is 381 g/mol. The standard InChI is InChI=1S/C16H29B2N3O6/c1-22-7-13-12(4-16(18)26-13)25-6-10-5-21(20-19-10)9-24-8-14-11(23-2)3-15(17)27-14/h5,11-16H,3-4,6-9,17-18H2,1-2H3/t11?,12?,13-,14-,15-,16-/m1/s1. The van der Waals surface area contributed by atoms with E-state index in [2.05, 4.69) is 10.3 Å². The molecule has 0 aromatic carbocycles. The Morgan fingerprint density at radius 1 is 1.11 bits per heavy atom. The lowest BCUT2D eigenvalue weighted by Crippen LogP contribution is -2.28. The van der Waals surface area contributed by atoms with Gasteiger partial charge in [0.15, 0.2) is 0 Å². The lowest BCUT2D eigenvalue weighted by molar-refractivity contribution is -0.0590. The number of ether oxygens (including phenoxy) is 6. The van der Waals surface area contributed by atoms with Crippen molar-refractivity contribution in [3.8, 4) is 0 Å². The molecule has 11 heteroatoms. The Kier molecular flexibility index (Phi) is 7.68. The minimum atomic E-state index is -0.0431. The summed E-state index contributed by atoms with van der Waals surface area (Å²) >= 11 is 0. The first-order valence-corrected chi connectivity index (χ1v) is 9.50. The van der Waals surface area contributed by atoms with Crippen LogP contribution >= 0.6 is 0 Å². The molecule has 2 aliphatic rings. The quantitative estimate of drug-likeness (QED) is 0.444. The van der Waals surface area contributed by atoms with Crippen LogP contribution in [0.4, 0.5) is 0 Å². The first-order chi connectivity index (χ1) is 13.1. The molecule has 2 fully saturated rings. The number of hydrogen-bond donors (Lipinski definition) is 0. The second-order valence-corrected chi connectivity index (χ2v) is 7.27. The van der Waals surface area contributed by atoms with E-state index in [0.717, 1.165) is 18.5 Å². The molecular weight excluding hydrogens is 352 g/mol. The molecule has 2 aliphatic heterocycles. The highest BCUT2D eigenvalue weighted by atomic mass is 16.6. The average molecular weight is 381 g/mol. The highest BCUT2D eigenvalue weighted by Crippen LogP contribution is 2.23. The Morgan fingerprint density at radius 3 is 2.52 bits per heavy atom. The van der Waals surface area contributed by atoms with Crippen molar-refractivity contribution in [1.82, 2.24) is 15.0 Å². The van der Waals surface area contributed by atoms with Crippen LogP contribution in [-0.4, -0.2) is 94.5 Å². The van der Waals surface area contributed by atoms with Crippen LogP contribution in [0, 0.1) is 0 Å². The summed E-state index contributed by atoms with van der Waals surface area (Å²) in [7, 11) is 7.46. The summed E-state index contributed by atoms with van der Waals surface area (Å²) < 4.78 is 35.6. The molecule has 0 amide bonds. The summed E-state index contributed by atoms with van der Waals surface area (Å²) in [5.74, 6) is 0. The zero-order valence-corrected chi connectivity index (χ0v) is 16.6. The maximum absolute atomic E-state index is 5.97. The molecule has 3 heterocycles. The van der Waals surface area contributed by atoms with Crippen LogP contribution in [-0.2, 0) is 41.8 Å². The summed E-state index contributed by atoms with van der Waals surface area (Å²) in [5.41, 5.74) is 0.759. The fraction of sp³-hybridized carbons (Fsp3) is 0.875. The zero-order chi connectivity index (χ0) is 19.2. The normalized spacial score (nSPS) is 33.7. The fourth-order valence-electron chi connectivity index (χ4n) is 3.64. The Hall–Kier alpha value is -0.970. The largest absolute Gasteiger partial charge is 0.382 e. The number of rotatable bonds is 10. The first-order valence-electron chi connectivity index (χ1n) is 9.50. The molecule has 1 aromatic rings. The van der Waals surface area contributed by atoms with Crippen LogP contribution < -0.4 is 0 Å². The molecular formula is C16H29B2N3O6. The molecule has 0 radical (unpaired) electrons. The number of hydrogen-bond acceptors (Lipinski definition) is 8. The third-order valence-corrected chi connectivity index (χ3v) is 4.94. The summed E-state index contributed by atoms with van der Waals surface area (Å²) in [6.45, 7) is 1.69. The molecule has 6 atom stereocenters. The van der Waals surface area contributed by atoms with E-state index in [0.29, 0.717) is 26.6 Å². The van der Waals surface area contributed by atoms with E-state index < -0.39 is 0 Å². The van der Waals surface area contributed by atoms with E-state index >= 15 is 0 Å². The van der Waals surface area contributed by atoms with Gasteiger partial charge in [-0.25, -0.2) is 4.68 Å². The molecule has 0 saturated carbocycles. The Morgan fingerprint density at radius 2 is 1.81 bits per heavy atom. The van der Waals surface area contributed by atoms with Crippen molar-refractivity contribution in [2.24, 2.45) is 0 Å². The van der Waals surface area contributed by atoms with Gasteiger partial charge in [-0.1, -0.05) is 5.21 Å². The third-order valence-electron chi connectivity index (χ3n) is 4.94. The number of methoxy groups -OCH3 is 2. The van der Waals surface area contributed by atoms with Crippen molar-refractivity contribution in [1.29, 1.82) is 0 Å². The molecule has 3 rings (SSSR count). The molecule has 0 spiro atoms. The molecule has 1 aromatic heterocycles. The summed E-state index contributed by atoms with van der Waals surface area (Å²) in [4.78, 5) is 0. The van der Waals surface area contributed by atoms with Gasteiger partial charge in [0.1, 0.15) is 40.3 Å². The van der Waals surface area contributed by atoms with Gasteiger partial charge >= 0.3 is 0 Å². The minimum Gasteiger partial charge on any atom is -0.382 e. The van der Waals surface area contributed by atoms with Gasteiger partial charge in [0.25, 0.3) is 0 Å². The second kappa shape index (κ2) is 9.99. The van der Waals surface area contributed by atoms with Crippen LogP contribution in [0.25, 0.3) is 0 Å². The smallest absolute Gasteiger partial charge is 0.141 e. The molecule has 2 unspecified atom stereocenters. The Bertz CT molecular complexity index is 580. The zero-order valence-electron chi connectivity index (χ0n) is 16.6. The van der Waals surface area contributed by atoms with Crippen molar-refractivity contribution >= 4 is 15.7 Å². The van der Waals surface area contributed by atoms with Gasteiger partial charge in [0.05, 0.1) is 38.2 Å². The van der Waals surface area contributed by atoms with E-state index in [1.54, 1.807) is 18.9 Å². The lowest BCUT2D eigenvalue weighted by atomic mass is 9.96. The van der Waals surface area contributed by atoms with Crippen LogP contribution in [0.3, 0.4) is 0 Å². The second-order valence-electron chi connectivity index (χ2n) is 7.27. The van der Waals surface area contributed by atoms with Crippen LogP contribution in [0.15, 0.2) is 6.20 Å². The van der Waals surface area contributed by atoms with E-state index in [-0.39, 0.29) is 36.4 Å². The van der Waals surface area contributed by atoms with Gasteiger partial charge in [-0.2, -0.15) is 0 Å². The van der Waals surface area contributed by atoms with Crippen molar-refractivity contribution in [2.45, 2.75) is 62.6 Å². The van der Waals surface area contributed by atoms with Gasteiger partial charge in [-0.3, -0.25) is 0 Å². The third kappa shape index (κ3) is 5.75. The van der Waals surface area contributed by atoms with Crippen molar-refractivity contribution < 1.29 is 28.4 Å². The van der Waals surface area contributed by atoms with Crippen LogP contribution in [0.2, 0.25) is 0 Å². The lowest BCUT2D eigenvalue weighted by Gasteiger charge is -2.17. The molecule has 0 bridgehead atoms. The SMILES string of the molecule is B[C@H]1CC(OC)[C@@H](COCn2cc(COC3C[C@H](B)O[C@@H]3COC)nn2)O1. The highest BCUT2D eigenvalue weighted by molar-refractivity contribution is 6.11. The van der Waals surface area contributed by atoms with Crippen molar-refractivity contribution in [3.05, 3.63) is 11.9 Å². The van der Waals surface area contributed by atoms with E-state index in [1.807, 2.05) is 21.9 Å². The van der Waals surface area contributed by atoms with Gasteiger partial charge < -0.3 is 28.4 Å². The molecule has 9 nitrogen and oxygen atoms in total. The topological polar surface area (TPSA) is 86.1 Å². The van der Waals surface area contributed by atoms with Gasteiger partial charge in [-0.05, 0) is 12.8 Å². The average Bonchev–Trinajstić information content (AvgIpc) is 3.33. The summed E-state index contributed by atoms with van der Waals surface area (Å²) in [5, 5.41) is 8.22. The first kappa shape index (κ1) is 20.8. The Labute approximate surface area is 161 Å². The molecule has 2 saturated heterocycles. The maximum atomic E-state index is 5.97. The summed E-state index contributed by atoms with van der Waals surface area (Å²) in [6, 6.07) is 0.374. The maximum Gasteiger partial charge on any atom is 0.141 e. The van der Waals surface area contributed by atoms with Gasteiger partial charge in [-0.15, -0.1) is 5.10 Å². The summed E-state index contributed by atoms with van der Waals surface area (Å²) in [6.07, 6.45) is 3.58. The van der Waals surface area contributed by atoms with Gasteiger partial charge in [0, 0.05) is 26.2 Å². The Balaban J connectivity index is 1.39.